The highest BCUT2D eigenvalue weighted by atomic mass is 16.8. The highest BCUT2D eigenvalue weighted by Crippen LogP contribution is 2.33. The topological polar surface area (TPSA) is 324 Å². The molecule has 4 heterocycles. The van der Waals surface area contributed by atoms with Crippen molar-refractivity contribution < 1.29 is 99.2 Å². The normalized spacial score (nSPS) is 53.8. The number of ether oxygens (including phenoxy) is 7. The van der Waals surface area contributed by atoms with Crippen LogP contribution in [0.1, 0.15) is 13.8 Å². The van der Waals surface area contributed by atoms with Gasteiger partial charge in [-0.2, -0.15) is 0 Å². The van der Waals surface area contributed by atoms with Gasteiger partial charge in [0.2, 0.25) is 0 Å². The first-order chi connectivity index (χ1) is 20.5. The molecule has 0 saturated carbocycles. The van der Waals surface area contributed by atoms with Crippen molar-refractivity contribution in [1.29, 1.82) is 0 Å². The van der Waals surface area contributed by atoms with Crippen molar-refractivity contribution >= 4 is 5.97 Å². The van der Waals surface area contributed by atoms with Gasteiger partial charge in [0.1, 0.15) is 79.4 Å². The van der Waals surface area contributed by atoms with Crippen molar-refractivity contribution in [1.82, 2.24) is 0 Å². The molecule has 0 spiro atoms. The third-order valence-electron chi connectivity index (χ3n) is 8.07. The summed E-state index contributed by atoms with van der Waals surface area (Å²) in [7, 11) is 0. The van der Waals surface area contributed by atoms with E-state index >= 15 is 0 Å². The molecule has 0 aromatic carbocycles. The van der Waals surface area contributed by atoms with Crippen LogP contribution in [-0.2, 0) is 38.0 Å². The third-order valence-corrected chi connectivity index (χ3v) is 8.07. The number of aliphatic hydroxyl groups excluding tert-OH is 11. The molecule has 0 aliphatic carbocycles. The summed E-state index contributed by atoms with van der Waals surface area (Å²) >= 11 is 0. The van der Waals surface area contributed by atoms with Crippen LogP contribution in [-0.4, -0.2) is 197 Å². The van der Waals surface area contributed by atoms with E-state index in [4.69, 9.17) is 33.2 Å². The Hall–Kier alpha value is -1.25. The molecule has 0 bridgehead atoms. The first kappa shape index (κ1) is 35.6. The lowest BCUT2D eigenvalue weighted by Crippen LogP contribution is -2.66. The molecule has 4 aliphatic rings. The Kier molecular flexibility index (Phi) is 11.5. The smallest absolute Gasteiger partial charge is 0.335 e. The zero-order valence-corrected chi connectivity index (χ0v) is 23.4. The molecule has 4 saturated heterocycles. The molecule has 0 aromatic heterocycles. The van der Waals surface area contributed by atoms with Crippen LogP contribution >= 0.6 is 0 Å². The van der Waals surface area contributed by atoms with Crippen molar-refractivity contribution in [3.05, 3.63) is 0 Å². The monoisotopic (exact) mass is 648 g/mol. The summed E-state index contributed by atoms with van der Waals surface area (Å²) in [6.45, 7) is 2.13. The predicted octanol–water partition coefficient (Wildman–Crippen LogP) is -7.60. The number of carbonyl (C=O) groups is 1. The molecule has 4 aliphatic heterocycles. The van der Waals surface area contributed by atoms with Crippen molar-refractivity contribution in [2.45, 2.75) is 137 Å². The maximum Gasteiger partial charge on any atom is 0.335 e. The molecule has 0 aromatic rings. The molecule has 4 fully saturated rings. The molecule has 20 nitrogen and oxygen atoms in total. The number of hydrogen-bond acceptors (Lipinski definition) is 19. The SMILES string of the molecule is CC1OC(OCC2OC(O)C(O)C(O)C2O)C(OC2OC(C)C(OC3OC(C(=O)O)C(O)C(O)C3O)C(O)C2O)C(O)C1O. The van der Waals surface area contributed by atoms with E-state index in [1.807, 2.05) is 0 Å². The van der Waals surface area contributed by atoms with Crippen LogP contribution in [0.2, 0.25) is 0 Å². The van der Waals surface area contributed by atoms with Gasteiger partial charge in [-0.25, -0.2) is 4.79 Å². The lowest BCUT2D eigenvalue weighted by atomic mass is 9.96. The number of aliphatic carboxylic acids is 1. The number of hydrogen-bond donors (Lipinski definition) is 12. The molecule has 44 heavy (non-hydrogen) atoms. The maximum atomic E-state index is 11.4. The maximum absolute atomic E-state index is 11.4. The molecule has 20 unspecified atom stereocenters. The molecule has 256 valence electrons. The molecule has 20 heteroatoms. The number of carboxylic acids is 1. The second-order valence-electron chi connectivity index (χ2n) is 11.2. The van der Waals surface area contributed by atoms with Gasteiger partial charge in [-0.15, -0.1) is 0 Å². The van der Waals surface area contributed by atoms with Gasteiger partial charge in [-0.3, -0.25) is 0 Å². The van der Waals surface area contributed by atoms with E-state index in [0.717, 1.165) is 0 Å². The Labute approximate surface area is 249 Å². The number of carboxylic acid groups (broad SMARTS) is 1. The summed E-state index contributed by atoms with van der Waals surface area (Å²) in [6.07, 6.45) is -34.2. The average molecular weight is 649 g/mol. The Morgan fingerprint density at radius 1 is 0.545 bits per heavy atom. The molecule has 0 radical (unpaired) electrons. The van der Waals surface area contributed by atoms with Crippen LogP contribution in [0.25, 0.3) is 0 Å². The van der Waals surface area contributed by atoms with E-state index in [9.17, 15) is 66.1 Å². The minimum Gasteiger partial charge on any atom is -0.479 e. The Balaban J connectivity index is 1.43. The average Bonchev–Trinajstić information content (AvgIpc) is 2.97. The van der Waals surface area contributed by atoms with Crippen molar-refractivity contribution in [2.24, 2.45) is 0 Å². The minimum absolute atomic E-state index is 0.591. The van der Waals surface area contributed by atoms with Gasteiger partial charge in [0.05, 0.1) is 18.8 Å². The van der Waals surface area contributed by atoms with E-state index in [2.05, 4.69) is 0 Å². The lowest BCUT2D eigenvalue weighted by molar-refractivity contribution is -0.381. The first-order valence-corrected chi connectivity index (χ1v) is 13.8. The molecule has 0 amide bonds. The van der Waals surface area contributed by atoms with Gasteiger partial charge >= 0.3 is 5.97 Å². The fourth-order valence-corrected chi connectivity index (χ4v) is 5.32. The van der Waals surface area contributed by atoms with E-state index in [1.54, 1.807) is 0 Å². The predicted molar refractivity (Wildman–Crippen MR) is 132 cm³/mol. The van der Waals surface area contributed by atoms with Crippen LogP contribution in [0.5, 0.6) is 0 Å². The van der Waals surface area contributed by atoms with Crippen LogP contribution < -0.4 is 0 Å². The van der Waals surface area contributed by atoms with Gasteiger partial charge in [0.25, 0.3) is 0 Å². The summed E-state index contributed by atoms with van der Waals surface area (Å²) < 4.78 is 38.0. The van der Waals surface area contributed by atoms with E-state index in [-0.39, 0.29) is 0 Å². The lowest BCUT2D eigenvalue weighted by Gasteiger charge is -2.47. The Morgan fingerprint density at radius 2 is 1.07 bits per heavy atom. The van der Waals surface area contributed by atoms with Gasteiger partial charge in [-0.1, -0.05) is 0 Å². The zero-order chi connectivity index (χ0) is 32.8. The second-order valence-corrected chi connectivity index (χ2v) is 11.2. The largest absolute Gasteiger partial charge is 0.479 e. The Bertz CT molecular complexity index is 959. The van der Waals surface area contributed by atoms with Crippen LogP contribution in [0.3, 0.4) is 0 Å². The van der Waals surface area contributed by atoms with Gasteiger partial charge in [0, 0.05) is 0 Å². The van der Waals surface area contributed by atoms with E-state index < -0.39 is 135 Å². The summed E-state index contributed by atoms with van der Waals surface area (Å²) in [5.74, 6) is -1.67. The number of aliphatic hydroxyl groups is 11. The number of rotatable bonds is 8. The van der Waals surface area contributed by atoms with Crippen LogP contribution in [0.15, 0.2) is 0 Å². The van der Waals surface area contributed by atoms with Crippen LogP contribution in [0.4, 0.5) is 0 Å². The summed E-state index contributed by atoms with van der Waals surface area (Å²) in [5, 5.41) is 122. The van der Waals surface area contributed by atoms with Gasteiger partial charge in [-0.05, 0) is 13.8 Å². The standard InChI is InChI=1S/C24H40O20/c1-4-7(25)11(29)19(24(39-4)38-3-6-8(26)9(27)14(32)21(37)41-6)44-22-16(34)13(31)17(5(2)40-22)42-23-15(33)10(28)12(30)18(43-23)20(35)36/h4-19,21-34,37H,3H2,1-2H3,(H,35,36). The molecule has 4 rings (SSSR count). The fourth-order valence-electron chi connectivity index (χ4n) is 5.32. The van der Waals surface area contributed by atoms with E-state index in [0.29, 0.717) is 0 Å². The quantitative estimate of drug-likeness (QED) is 0.116. The Morgan fingerprint density at radius 3 is 1.70 bits per heavy atom. The summed E-state index contributed by atoms with van der Waals surface area (Å²) in [6, 6.07) is 0. The zero-order valence-electron chi connectivity index (χ0n) is 23.4. The van der Waals surface area contributed by atoms with Crippen molar-refractivity contribution in [3.8, 4) is 0 Å². The van der Waals surface area contributed by atoms with Crippen molar-refractivity contribution in [3.63, 3.8) is 0 Å². The first-order valence-electron chi connectivity index (χ1n) is 13.8. The van der Waals surface area contributed by atoms with Crippen LogP contribution in [0, 0.1) is 0 Å². The minimum atomic E-state index is -2.00. The van der Waals surface area contributed by atoms with Gasteiger partial charge < -0.3 is 94.4 Å². The van der Waals surface area contributed by atoms with E-state index in [1.165, 1.54) is 13.8 Å². The summed E-state index contributed by atoms with van der Waals surface area (Å²) in [4.78, 5) is 11.4. The molecule has 20 atom stereocenters. The fraction of sp³-hybridized carbons (Fsp3) is 0.958. The molecular formula is C24H40O20. The highest BCUT2D eigenvalue weighted by molar-refractivity contribution is 5.73. The highest BCUT2D eigenvalue weighted by Gasteiger charge is 2.54. The molecule has 12 N–H and O–H groups in total. The molecular weight excluding hydrogens is 608 g/mol. The van der Waals surface area contributed by atoms with Gasteiger partial charge in [0.15, 0.2) is 31.3 Å². The third kappa shape index (κ3) is 7.02. The second kappa shape index (κ2) is 14.3. The van der Waals surface area contributed by atoms with Crippen molar-refractivity contribution in [2.75, 3.05) is 6.61 Å². The summed E-state index contributed by atoms with van der Waals surface area (Å²) in [5.41, 5.74) is 0.